The molecule has 0 spiro atoms. The third-order valence-electron chi connectivity index (χ3n) is 7.61. The number of benzene rings is 1. The quantitative estimate of drug-likeness (QED) is 0.485. The van der Waals surface area contributed by atoms with Gasteiger partial charge in [0, 0.05) is 80.5 Å². The highest BCUT2D eigenvalue weighted by Gasteiger charge is 2.31. The number of nitrogens with one attached hydrogen (secondary N) is 1. The number of aromatic nitrogens is 4. The summed E-state index contributed by atoms with van der Waals surface area (Å²) in [7, 11) is 4.03. The van der Waals surface area contributed by atoms with Crippen molar-refractivity contribution in [2.24, 2.45) is 7.05 Å². The third kappa shape index (κ3) is 3.82. The van der Waals surface area contributed by atoms with E-state index in [-0.39, 0.29) is 0 Å². The molecule has 35 heavy (non-hydrogen) atoms. The predicted octanol–water partition coefficient (Wildman–Crippen LogP) is 3.56. The van der Waals surface area contributed by atoms with E-state index in [1.165, 1.54) is 5.69 Å². The number of imidazole rings is 1. The molecule has 1 saturated carbocycles. The number of rotatable bonds is 5. The maximum atomic E-state index is 9.64. The van der Waals surface area contributed by atoms with E-state index in [0.29, 0.717) is 17.6 Å². The van der Waals surface area contributed by atoms with Gasteiger partial charge in [0.1, 0.15) is 23.4 Å². The molecule has 0 bridgehead atoms. The summed E-state index contributed by atoms with van der Waals surface area (Å²) in [4.78, 5) is 14.3. The molecule has 0 atom stereocenters. The van der Waals surface area contributed by atoms with Crippen molar-refractivity contribution in [2.45, 2.75) is 24.9 Å². The lowest BCUT2D eigenvalue weighted by atomic mass is 9.87. The Morgan fingerprint density at radius 2 is 1.74 bits per heavy atom. The molecule has 8 heteroatoms. The highest BCUT2D eigenvalue weighted by molar-refractivity contribution is 5.85. The Labute approximate surface area is 205 Å². The van der Waals surface area contributed by atoms with Crippen LogP contribution in [0.3, 0.4) is 0 Å². The SMILES string of the molecule is CNC1CC(n2cc(C#N)c3ccc(N4CCN(c5ccc(-c6nccn6C)cc5)CC4)nc32)C1. The minimum atomic E-state index is 0.408. The number of anilines is 2. The number of fused-ring (bicyclic) bond motifs is 1. The number of hydrogen-bond donors (Lipinski definition) is 1. The molecule has 1 aliphatic carbocycles. The van der Waals surface area contributed by atoms with Crippen LogP contribution in [0.25, 0.3) is 22.4 Å². The normalized spacial score (nSPS) is 20.1. The number of aryl methyl sites for hydroxylation is 1. The van der Waals surface area contributed by atoms with Crippen molar-refractivity contribution in [1.29, 1.82) is 5.26 Å². The topological polar surface area (TPSA) is 77.9 Å². The van der Waals surface area contributed by atoms with Crippen molar-refractivity contribution in [3.8, 4) is 17.5 Å². The molecule has 2 fully saturated rings. The molecule has 1 aliphatic heterocycles. The zero-order valence-corrected chi connectivity index (χ0v) is 20.2. The van der Waals surface area contributed by atoms with Crippen molar-refractivity contribution < 1.29 is 0 Å². The van der Waals surface area contributed by atoms with Crippen LogP contribution in [-0.2, 0) is 7.05 Å². The van der Waals surface area contributed by atoms with Crippen LogP contribution in [0.1, 0.15) is 24.4 Å². The molecule has 3 aromatic heterocycles. The Balaban J connectivity index is 1.17. The second kappa shape index (κ2) is 8.75. The zero-order valence-electron chi connectivity index (χ0n) is 20.2. The summed E-state index contributed by atoms with van der Waals surface area (Å²) in [6, 6.07) is 16.1. The van der Waals surface area contributed by atoms with E-state index < -0.39 is 0 Å². The molecule has 0 unspecified atom stereocenters. The average Bonchev–Trinajstić information content (AvgIpc) is 3.47. The van der Waals surface area contributed by atoms with E-state index in [0.717, 1.165) is 67.3 Å². The van der Waals surface area contributed by atoms with Crippen LogP contribution < -0.4 is 15.1 Å². The second-order valence-electron chi connectivity index (χ2n) is 9.60. The van der Waals surface area contributed by atoms with Crippen molar-refractivity contribution >= 4 is 22.5 Å². The minimum Gasteiger partial charge on any atom is -0.368 e. The molecule has 8 nitrogen and oxygen atoms in total. The first kappa shape index (κ1) is 21.7. The number of pyridine rings is 1. The number of piperazine rings is 1. The van der Waals surface area contributed by atoms with E-state index in [2.05, 4.69) is 67.1 Å². The molecular formula is C27H30N8. The molecule has 178 valence electrons. The maximum absolute atomic E-state index is 9.64. The van der Waals surface area contributed by atoms with Gasteiger partial charge in [0.05, 0.1) is 5.56 Å². The summed E-state index contributed by atoms with van der Waals surface area (Å²) in [5, 5.41) is 13.9. The average molecular weight is 467 g/mol. The molecule has 2 aliphatic rings. The van der Waals surface area contributed by atoms with Gasteiger partial charge >= 0.3 is 0 Å². The van der Waals surface area contributed by atoms with Crippen LogP contribution >= 0.6 is 0 Å². The molecule has 4 heterocycles. The lowest BCUT2D eigenvalue weighted by Gasteiger charge is -2.37. The van der Waals surface area contributed by atoms with Gasteiger partial charge < -0.3 is 24.3 Å². The van der Waals surface area contributed by atoms with Crippen LogP contribution in [0.15, 0.2) is 55.0 Å². The maximum Gasteiger partial charge on any atom is 0.143 e. The molecule has 0 amide bonds. The summed E-state index contributed by atoms with van der Waals surface area (Å²) in [6.07, 6.45) is 7.95. The Morgan fingerprint density at radius 1 is 1.00 bits per heavy atom. The van der Waals surface area contributed by atoms with Crippen LogP contribution in [0.2, 0.25) is 0 Å². The number of nitriles is 1. The molecule has 4 aromatic rings. The van der Waals surface area contributed by atoms with Crippen molar-refractivity contribution in [3.05, 3.63) is 60.6 Å². The van der Waals surface area contributed by atoms with Crippen LogP contribution in [0.4, 0.5) is 11.5 Å². The van der Waals surface area contributed by atoms with E-state index in [9.17, 15) is 5.26 Å². The van der Waals surface area contributed by atoms with Crippen LogP contribution in [-0.4, -0.2) is 58.4 Å². The first-order valence-corrected chi connectivity index (χ1v) is 12.3. The fourth-order valence-electron chi connectivity index (χ4n) is 5.37. The first-order chi connectivity index (χ1) is 17.1. The molecule has 1 aromatic carbocycles. The lowest BCUT2D eigenvalue weighted by molar-refractivity contribution is 0.240. The van der Waals surface area contributed by atoms with Gasteiger partial charge in [-0.2, -0.15) is 5.26 Å². The monoisotopic (exact) mass is 466 g/mol. The fourth-order valence-corrected chi connectivity index (χ4v) is 5.37. The van der Waals surface area contributed by atoms with Gasteiger partial charge in [-0.05, 0) is 56.3 Å². The summed E-state index contributed by atoms with van der Waals surface area (Å²) in [6.45, 7) is 3.71. The lowest BCUT2D eigenvalue weighted by Crippen LogP contribution is -2.46. The standard InChI is InChI=1S/C27H30N8/c1-29-21-15-23(16-21)35-18-20(17-28)24-7-8-25(31-27(24)35)34-13-11-33(12-14-34)22-5-3-19(4-6-22)26-30-9-10-32(26)2/h3-10,18,21,23,29H,11-16H2,1-2H3. The van der Waals surface area contributed by atoms with Gasteiger partial charge in [-0.25, -0.2) is 9.97 Å². The van der Waals surface area contributed by atoms with Gasteiger partial charge in [-0.1, -0.05) is 0 Å². The van der Waals surface area contributed by atoms with Crippen molar-refractivity contribution in [2.75, 3.05) is 43.0 Å². The van der Waals surface area contributed by atoms with Gasteiger partial charge in [0.2, 0.25) is 0 Å². The van der Waals surface area contributed by atoms with E-state index in [1.807, 2.05) is 37.3 Å². The highest BCUT2D eigenvalue weighted by Crippen LogP contribution is 2.36. The van der Waals surface area contributed by atoms with Gasteiger partial charge in [0.25, 0.3) is 0 Å². The van der Waals surface area contributed by atoms with Crippen molar-refractivity contribution in [1.82, 2.24) is 24.4 Å². The highest BCUT2D eigenvalue weighted by atomic mass is 15.3. The molecule has 1 N–H and O–H groups in total. The van der Waals surface area contributed by atoms with E-state index in [1.54, 1.807) is 0 Å². The summed E-state index contributed by atoms with van der Waals surface area (Å²) >= 11 is 0. The van der Waals surface area contributed by atoms with Crippen molar-refractivity contribution in [3.63, 3.8) is 0 Å². The first-order valence-electron chi connectivity index (χ1n) is 12.3. The van der Waals surface area contributed by atoms with E-state index in [4.69, 9.17) is 4.98 Å². The zero-order chi connectivity index (χ0) is 23.9. The number of nitrogens with zero attached hydrogens (tertiary/aromatic N) is 7. The second-order valence-corrected chi connectivity index (χ2v) is 9.60. The fraction of sp³-hybridized carbons (Fsp3) is 0.370. The largest absolute Gasteiger partial charge is 0.368 e. The Morgan fingerprint density at radius 3 is 2.40 bits per heavy atom. The Hall–Kier alpha value is -3.83. The predicted molar refractivity (Wildman–Crippen MR) is 139 cm³/mol. The van der Waals surface area contributed by atoms with Gasteiger partial charge in [0.15, 0.2) is 0 Å². The Bertz CT molecular complexity index is 1380. The minimum absolute atomic E-state index is 0.408. The molecule has 0 radical (unpaired) electrons. The molecule has 1 saturated heterocycles. The number of hydrogen-bond acceptors (Lipinski definition) is 6. The van der Waals surface area contributed by atoms with Gasteiger partial charge in [-0.3, -0.25) is 0 Å². The summed E-state index contributed by atoms with van der Waals surface area (Å²) in [5.41, 5.74) is 4.02. The van der Waals surface area contributed by atoms with Crippen LogP contribution in [0.5, 0.6) is 0 Å². The third-order valence-corrected chi connectivity index (χ3v) is 7.61. The summed E-state index contributed by atoms with van der Waals surface area (Å²) < 4.78 is 4.27. The molecular weight excluding hydrogens is 436 g/mol. The molecule has 6 rings (SSSR count). The van der Waals surface area contributed by atoms with Crippen LogP contribution in [0, 0.1) is 11.3 Å². The Kier molecular flexibility index (Phi) is 5.42. The smallest absolute Gasteiger partial charge is 0.143 e. The summed E-state index contributed by atoms with van der Waals surface area (Å²) in [5.74, 6) is 1.98. The van der Waals surface area contributed by atoms with Gasteiger partial charge in [-0.15, -0.1) is 0 Å². The van der Waals surface area contributed by atoms with E-state index >= 15 is 0 Å².